The van der Waals surface area contributed by atoms with E-state index < -0.39 is 10.7 Å². The van der Waals surface area contributed by atoms with Crippen LogP contribution >= 0.6 is 11.8 Å². The number of hydrogen-bond acceptors (Lipinski definition) is 3. The molecule has 0 aromatic heterocycles. The zero-order chi connectivity index (χ0) is 9.03. The van der Waals surface area contributed by atoms with E-state index >= 15 is 0 Å². The van der Waals surface area contributed by atoms with Gasteiger partial charge in [-0.25, -0.2) is 0 Å². The summed E-state index contributed by atoms with van der Waals surface area (Å²) < 4.78 is -0.581. The van der Waals surface area contributed by atoms with Crippen molar-refractivity contribution in [3.05, 3.63) is 0 Å². The van der Waals surface area contributed by atoms with Crippen molar-refractivity contribution in [2.24, 2.45) is 0 Å². The third-order valence-electron chi connectivity index (χ3n) is 2.27. The second-order valence-corrected chi connectivity index (χ2v) is 4.56. The maximum absolute atomic E-state index is 10.9. The first-order chi connectivity index (χ1) is 5.71. The molecule has 0 amide bonds. The highest BCUT2D eigenvalue weighted by molar-refractivity contribution is 8.01. The van der Waals surface area contributed by atoms with Crippen molar-refractivity contribution in [1.29, 1.82) is 0 Å². The number of aliphatic hydroxyl groups excluding tert-OH is 1. The molecule has 4 heteroatoms. The normalized spacial score (nSPS) is 21.1. The van der Waals surface area contributed by atoms with Crippen LogP contribution in [0.1, 0.15) is 25.7 Å². The zero-order valence-corrected chi connectivity index (χ0v) is 7.77. The molecule has 0 atom stereocenters. The SMILES string of the molecule is O=C(O)C1(SCCO)CCCC1. The third-order valence-corrected chi connectivity index (χ3v) is 3.79. The summed E-state index contributed by atoms with van der Waals surface area (Å²) in [6, 6.07) is 0. The summed E-state index contributed by atoms with van der Waals surface area (Å²) in [5.74, 6) is -0.176. The van der Waals surface area contributed by atoms with Gasteiger partial charge in [-0.2, -0.15) is 0 Å². The lowest BCUT2D eigenvalue weighted by Gasteiger charge is -2.22. The topological polar surface area (TPSA) is 57.5 Å². The first-order valence-corrected chi connectivity index (χ1v) is 5.18. The average molecular weight is 190 g/mol. The Morgan fingerprint density at radius 2 is 2.00 bits per heavy atom. The van der Waals surface area contributed by atoms with E-state index in [1.165, 1.54) is 11.8 Å². The molecule has 0 unspecified atom stereocenters. The van der Waals surface area contributed by atoms with Crippen molar-refractivity contribution in [1.82, 2.24) is 0 Å². The van der Waals surface area contributed by atoms with Gasteiger partial charge < -0.3 is 10.2 Å². The smallest absolute Gasteiger partial charge is 0.319 e. The number of carboxylic acid groups (broad SMARTS) is 1. The van der Waals surface area contributed by atoms with Gasteiger partial charge in [0.05, 0.1) is 6.61 Å². The molecule has 12 heavy (non-hydrogen) atoms. The van der Waals surface area contributed by atoms with Crippen molar-refractivity contribution in [2.45, 2.75) is 30.4 Å². The van der Waals surface area contributed by atoms with Crippen LogP contribution in [0.4, 0.5) is 0 Å². The number of thioether (sulfide) groups is 1. The lowest BCUT2D eigenvalue weighted by atomic mass is 10.1. The Hall–Kier alpha value is -0.220. The largest absolute Gasteiger partial charge is 0.480 e. The van der Waals surface area contributed by atoms with Crippen LogP contribution in [0.2, 0.25) is 0 Å². The fourth-order valence-corrected chi connectivity index (χ4v) is 2.79. The number of carboxylic acids is 1. The van der Waals surface area contributed by atoms with E-state index in [0.29, 0.717) is 5.75 Å². The Balaban J connectivity index is 2.53. The Bertz CT molecular complexity index is 164. The van der Waals surface area contributed by atoms with E-state index in [1.807, 2.05) is 0 Å². The second kappa shape index (κ2) is 4.14. The first-order valence-electron chi connectivity index (χ1n) is 4.19. The van der Waals surface area contributed by atoms with Crippen LogP contribution in [0.15, 0.2) is 0 Å². The molecule has 1 aliphatic rings. The molecule has 0 radical (unpaired) electrons. The van der Waals surface area contributed by atoms with Crippen LogP contribution < -0.4 is 0 Å². The minimum Gasteiger partial charge on any atom is -0.480 e. The molecule has 1 aliphatic carbocycles. The van der Waals surface area contributed by atoms with Crippen LogP contribution in [0.5, 0.6) is 0 Å². The van der Waals surface area contributed by atoms with Crippen molar-refractivity contribution >= 4 is 17.7 Å². The van der Waals surface area contributed by atoms with Gasteiger partial charge in [0.1, 0.15) is 4.75 Å². The Kier molecular flexibility index (Phi) is 3.40. The molecule has 0 saturated heterocycles. The summed E-state index contributed by atoms with van der Waals surface area (Å²) in [4.78, 5) is 10.9. The molecule has 3 nitrogen and oxygen atoms in total. The fourth-order valence-electron chi connectivity index (χ4n) is 1.61. The van der Waals surface area contributed by atoms with Crippen LogP contribution in [-0.4, -0.2) is 33.3 Å². The van der Waals surface area contributed by atoms with Gasteiger partial charge in [0.25, 0.3) is 0 Å². The summed E-state index contributed by atoms with van der Waals surface area (Å²) in [5, 5.41) is 17.6. The first kappa shape index (κ1) is 9.86. The minimum atomic E-state index is -0.710. The number of hydrogen-bond donors (Lipinski definition) is 2. The van der Waals surface area contributed by atoms with E-state index in [1.54, 1.807) is 0 Å². The van der Waals surface area contributed by atoms with E-state index in [2.05, 4.69) is 0 Å². The Morgan fingerprint density at radius 1 is 1.42 bits per heavy atom. The maximum atomic E-state index is 10.9. The minimum absolute atomic E-state index is 0.0691. The summed E-state index contributed by atoms with van der Waals surface area (Å²) >= 11 is 1.39. The Morgan fingerprint density at radius 3 is 2.42 bits per heavy atom. The van der Waals surface area contributed by atoms with Gasteiger partial charge in [0.2, 0.25) is 0 Å². The zero-order valence-electron chi connectivity index (χ0n) is 6.95. The summed E-state index contributed by atoms with van der Waals surface area (Å²) in [5.41, 5.74) is 0. The molecule has 0 aromatic carbocycles. The predicted octanol–water partition coefficient (Wildman–Crippen LogP) is 1.11. The highest BCUT2D eigenvalue weighted by Crippen LogP contribution is 2.41. The van der Waals surface area contributed by atoms with Gasteiger partial charge in [-0.3, -0.25) is 4.79 Å². The summed E-state index contributed by atoms with van der Waals surface area (Å²) in [6.45, 7) is 0.0691. The van der Waals surface area contributed by atoms with Crippen molar-refractivity contribution in [2.75, 3.05) is 12.4 Å². The molecule has 1 fully saturated rings. The second-order valence-electron chi connectivity index (χ2n) is 3.08. The van der Waals surface area contributed by atoms with Crippen molar-refractivity contribution < 1.29 is 15.0 Å². The van der Waals surface area contributed by atoms with Crippen LogP contribution in [0.3, 0.4) is 0 Å². The summed E-state index contributed by atoms with van der Waals surface area (Å²) in [7, 11) is 0. The van der Waals surface area contributed by atoms with Gasteiger partial charge in [-0.1, -0.05) is 12.8 Å². The molecule has 0 bridgehead atoms. The monoisotopic (exact) mass is 190 g/mol. The fraction of sp³-hybridized carbons (Fsp3) is 0.875. The molecule has 1 rings (SSSR count). The number of rotatable bonds is 4. The van der Waals surface area contributed by atoms with Crippen LogP contribution in [0, 0.1) is 0 Å². The lowest BCUT2D eigenvalue weighted by Crippen LogP contribution is -2.32. The predicted molar refractivity (Wildman–Crippen MR) is 48.4 cm³/mol. The lowest BCUT2D eigenvalue weighted by molar-refractivity contribution is -0.139. The molecule has 1 saturated carbocycles. The standard InChI is InChI=1S/C8H14O3S/c9-5-6-12-8(7(10)11)3-1-2-4-8/h9H,1-6H2,(H,10,11). The molecular weight excluding hydrogens is 176 g/mol. The molecule has 0 aliphatic heterocycles. The van der Waals surface area contributed by atoms with E-state index in [9.17, 15) is 4.79 Å². The molecule has 0 aromatic rings. The quantitative estimate of drug-likeness (QED) is 0.697. The highest BCUT2D eigenvalue weighted by atomic mass is 32.2. The molecule has 0 spiro atoms. The van der Waals surface area contributed by atoms with Gasteiger partial charge in [0, 0.05) is 5.75 Å². The van der Waals surface area contributed by atoms with E-state index in [4.69, 9.17) is 10.2 Å². The average Bonchev–Trinajstić information content (AvgIpc) is 2.50. The van der Waals surface area contributed by atoms with E-state index in [0.717, 1.165) is 25.7 Å². The maximum Gasteiger partial charge on any atom is 0.319 e. The number of aliphatic hydroxyl groups is 1. The number of aliphatic carboxylic acids is 1. The van der Waals surface area contributed by atoms with Crippen LogP contribution in [0.25, 0.3) is 0 Å². The van der Waals surface area contributed by atoms with Gasteiger partial charge in [-0.05, 0) is 12.8 Å². The van der Waals surface area contributed by atoms with Crippen molar-refractivity contribution in [3.63, 3.8) is 0 Å². The molecule has 70 valence electrons. The third kappa shape index (κ3) is 1.93. The Labute approximate surface area is 76.2 Å². The van der Waals surface area contributed by atoms with Gasteiger partial charge in [0.15, 0.2) is 0 Å². The number of carbonyl (C=O) groups is 1. The van der Waals surface area contributed by atoms with Gasteiger partial charge in [-0.15, -0.1) is 11.8 Å². The molecular formula is C8H14O3S. The van der Waals surface area contributed by atoms with Crippen molar-refractivity contribution in [3.8, 4) is 0 Å². The van der Waals surface area contributed by atoms with Gasteiger partial charge >= 0.3 is 5.97 Å². The highest BCUT2D eigenvalue weighted by Gasteiger charge is 2.41. The van der Waals surface area contributed by atoms with E-state index in [-0.39, 0.29) is 6.61 Å². The van der Waals surface area contributed by atoms with Crippen LogP contribution in [-0.2, 0) is 4.79 Å². The molecule has 2 N–H and O–H groups in total. The summed E-state index contributed by atoms with van der Waals surface area (Å²) in [6.07, 6.45) is 3.52. The molecule has 0 heterocycles.